The largest absolute Gasteiger partial charge is 0.469 e. The van der Waals surface area contributed by atoms with Gasteiger partial charge in [0, 0.05) is 11.6 Å². The molecule has 14 nitrogen and oxygen atoms in total. The zero-order valence-electron chi connectivity index (χ0n) is 15.9. The van der Waals surface area contributed by atoms with Crippen LogP contribution in [-0.2, 0) is 27.8 Å². The Balaban J connectivity index is 2.18. The van der Waals surface area contributed by atoms with Gasteiger partial charge in [-0.05, 0) is 13.8 Å². The molecule has 0 radical (unpaired) electrons. The summed E-state index contributed by atoms with van der Waals surface area (Å²) in [7, 11) is -9.40. The molecular weight excluding hydrogens is 450 g/mol. The summed E-state index contributed by atoms with van der Waals surface area (Å²) in [5.74, 6) is 0. The molecule has 4 N–H and O–H groups in total. The SMILES string of the molecule is CC(COP(=O)(O)O)OC1CN(OC(C)COP(=O)(O)O)c2c1cccc2[N+](=O)[O-]. The van der Waals surface area contributed by atoms with Crippen LogP contribution in [0.1, 0.15) is 25.5 Å². The molecule has 0 bridgehead atoms. The van der Waals surface area contributed by atoms with Crippen molar-refractivity contribution < 1.29 is 52.2 Å². The first-order valence-electron chi connectivity index (χ1n) is 8.54. The fourth-order valence-corrected chi connectivity index (χ4v) is 3.56. The van der Waals surface area contributed by atoms with Crippen molar-refractivity contribution in [3.8, 4) is 0 Å². The first kappa shape index (κ1) is 24.8. The number of ether oxygens (including phenoxy) is 1. The van der Waals surface area contributed by atoms with Crippen molar-refractivity contribution >= 4 is 27.0 Å². The third-order valence-electron chi connectivity index (χ3n) is 3.83. The van der Waals surface area contributed by atoms with Gasteiger partial charge < -0.3 is 24.3 Å². The average Bonchev–Trinajstić information content (AvgIpc) is 2.94. The van der Waals surface area contributed by atoms with E-state index in [1.165, 1.54) is 31.0 Å². The molecular formula is C14H22N2O12P2. The Morgan fingerprint density at radius 1 is 1.13 bits per heavy atom. The molecule has 0 saturated carbocycles. The van der Waals surface area contributed by atoms with E-state index in [1.54, 1.807) is 6.07 Å². The van der Waals surface area contributed by atoms with E-state index in [0.29, 0.717) is 5.56 Å². The minimum absolute atomic E-state index is 0.0271. The lowest BCUT2D eigenvalue weighted by molar-refractivity contribution is -0.384. The van der Waals surface area contributed by atoms with Crippen LogP contribution in [0.5, 0.6) is 0 Å². The maximum absolute atomic E-state index is 11.4. The molecule has 170 valence electrons. The van der Waals surface area contributed by atoms with Gasteiger partial charge in [0.1, 0.15) is 17.9 Å². The highest BCUT2D eigenvalue weighted by Crippen LogP contribution is 2.44. The Kier molecular flexibility index (Phi) is 8.10. The molecule has 1 heterocycles. The number of hydroxylamine groups is 1. The molecule has 0 amide bonds. The molecule has 1 aliphatic rings. The number of phosphoric acid groups is 2. The van der Waals surface area contributed by atoms with E-state index >= 15 is 0 Å². The molecule has 3 atom stereocenters. The molecule has 0 spiro atoms. The Morgan fingerprint density at radius 2 is 1.70 bits per heavy atom. The zero-order chi connectivity index (χ0) is 22.7. The van der Waals surface area contributed by atoms with Crippen LogP contribution in [0.4, 0.5) is 11.4 Å². The number of phosphoric ester groups is 2. The lowest BCUT2D eigenvalue weighted by atomic mass is 10.1. The smallest absolute Gasteiger partial charge is 0.366 e. The van der Waals surface area contributed by atoms with Crippen molar-refractivity contribution in [1.82, 2.24) is 0 Å². The number of anilines is 1. The van der Waals surface area contributed by atoms with Crippen LogP contribution in [0.25, 0.3) is 0 Å². The average molecular weight is 472 g/mol. The molecule has 1 aliphatic heterocycles. The fourth-order valence-electron chi connectivity index (χ4n) is 2.75. The lowest BCUT2D eigenvalue weighted by Gasteiger charge is -2.24. The molecule has 3 unspecified atom stereocenters. The van der Waals surface area contributed by atoms with Crippen molar-refractivity contribution in [2.24, 2.45) is 0 Å². The minimum Gasteiger partial charge on any atom is -0.366 e. The Hall–Kier alpha value is -1.44. The summed E-state index contributed by atoms with van der Waals surface area (Å²) in [6, 6.07) is 4.28. The highest BCUT2D eigenvalue weighted by atomic mass is 31.2. The summed E-state index contributed by atoms with van der Waals surface area (Å²) in [5.41, 5.74) is 0.217. The number of nitro groups is 1. The van der Waals surface area contributed by atoms with Crippen molar-refractivity contribution in [2.75, 3.05) is 24.8 Å². The van der Waals surface area contributed by atoms with Crippen LogP contribution in [0.15, 0.2) is 18.2 Å². The molecule has 30 heavy (non-hydrogen) atoms. The van der Waals surface area contributed by atoms with E-state index < -0.39 is 52.1 Å². The maximum atomic E-state index is 11.4. The Bertz CT molecular complexity index is 855. The number of para-hydroxylation sites is 1. The molecule has 0 aliphatic carbocycles. The quantitative estimate of drug-likeness (QED) is 0.205. The monoisotopic (exact) mass is 472 g/mol. The van der Waals surface area contributed by atoms with Gasteiger partial charge in [-0.25, -0.2) is 14.2 Å². The number of hydrogen-bond donors (Lipinski definition) is 4. The van der Waals surface area contributed by atoms with Gasteiger partial charge in [-0.2, -0.15) is 0 Å². The number of hydrogen-bond acceptors (Lipinski definition) is 9. The Morgan fingerprint density at radius 3 is 2.23 bits per heavy atom. The van der Waals surface area contributed by atoms with Gasteiger partial charge in [0.2, 0.25) is 0 Å². The fraction of sp³-hybridized carbons (Fsp3) is 0.571. The number of fused-ring (bicyclic) bond motifs is 1. The van der Waals surface area contributed by atoms with E-state index in [1.807, 2.05) is 0 Å². The van der Waals surface area contributed by atoms with Crippen molar-refractivity contribution in [3.63, 3.8) is 0 Å². The minimum atomic E-state index is -4.72. The van der Waals surface area contributed by atoms with E-state index in [2.05, 4.69) is 9.05 Å². The topological polar surface area (TPSA) is 198 Å². The van der Waals surface area contributed by atoms with Gasteiger partial charge >= 0.3 is 15.6 Å². The van der Waals surface area contributed by atoms with Crippen LogP contribution in [-0.4, -0.2) is 56.5 Å². The van der Waals surface area contributed by atoms with Gasteiger partial charge in [0.05, 0.1) is 30.8 Å². The standard InChI is InChI=1S/C14H22N2O12P2/c1-9(7-25-29(19,20)21)27-13-6-15(28-10(2)8-26-30(22,23)24)14-11(13)4-3-5-12(14)16(17)18/h3-5,9-10,13H,6-8H2,1-2H3,(H2,19,20,21)(H2,22,23,24). The number of nitrogens with zero attached hydrogens (tertiary/aromatic N) is 2. The number of nitro benzene ring substituents is 1. The van der Waals surface area contributed by atoms with Crippen molar-refractivity contribution in [1.29, 1.82) is 0 Å². The summed E-state index contributed by atoms with van der Waals surface area (Å²) < 4.78 is 36.2. The Labute approximate surface area is 170 Å². The zero-order valence-corrected chi connectivity index (χ0v) is 17.7. The molecule has 0 aromatic heterocycles. The summed E-state index contributed by atoms with van der Waals surface area (Å²) in [5, 5.41) is 12.6. The third kappa shape index (κ3) is 7.36. The van der Waals surface area contributed by atoms with Crippen LogP contribution in [0, 0.1) is 10.1 Å². The molecule has 0 fully saturated rings. The van der Waals surface area contributed by atoms with E-state index in [0.717, 1.165) is 0 Å². The van der Waals surface area contributed by atoms with E-state index in [4.69, 9.17) is 29.1 Å². The summed E-state index contributed by atoms with van der Waals surface area (Å²) in [6.45, 7) is 2.04. The predicted molar refractivity (Wildman–Crippen MR) is 100 cm³/mol. The van der Waals surface area contributed by atoms with Crippen LogP contribution >= 0.6 is 15.6 Å². The molecule has 16 heteroatoms. The second-order valence-corrected chi connectivity index (χ2v) is 8.94. The molecule has 0 saturated heterocycles. The van der Waals surface area contributed by atoms with E-state index in [-0.39, 0.29) is 17.9 Å². The third-order valence-corrected chi connectivity index (χ3v) is 4.80. The maximum Gasteiger partial charge on any atom is 0.469 e. The van der Waals surface area contributed by atoms with Crippen LogP contribution in [0.3, 0.4) is 0 Å². The van der Waals surface area contributed by atoms with Crippen molar-refractivity contribution in [2.45, 2.75) is 32.2 Å². The normalized spacial score (nSPS) is 18.9. The molecule has 2 rings (SSSR count). The van der Waals surface area contributed by atoms with Crippen LogP contribution < -0.4 is 5.06 Å². The second-order valence-electron chi connectivity index (χ2n) is 6.46. The second kappa shape index (κ2) is 9.79. The van der Waals surface area contributed by atoms with Gasteiger partial charge in [-0.15, -0.1) is 0 Å². The lowest BCUT2D eigenvalue weighted by Crippen LogP contribution is -2.31. The van der Waals surface area contributed by atoms with Gasteiger partial charge in [0.25, 0.3) is 5.69 Å². The number of benzene rings is 1. The van der Waals surface area contributed by atoms with Gasteiger partial charge in [-0.1, -0.05) is 12.1 Å². The first-order chi connectivity index (χ1) is 13.8. The van der Waals surface area contributed by atoms with Crippen LogP contribution in [0.2, 0.25) is 0 Å². The van der Waals surface area contributed by atoms with Gasteiger partial charge in [-0.3, -0.25) is 24.0 Å². The predicted octanol–water partition coefficient (Wildman–Crippen LogP) is 1.40. The number of rotatable bonds is 11. The highest BCUT2D eigenvalue weighted by Gasteiger charge is 2.38. The summed E-state index contributed by atoms with van der Waals surface area (Å²) in [4.78, 5) is 51.6. The van der Waals surface area contributed by atoms with Crippen molar-refractivity contribution in [3.05, 3.63) is 33.9 Å². The molecule has 1 aromatic rings. The summed E-state index contributed by atoms with van der Waals surface area (Å²) in [6.07, 6.45) is -2.41. The van der Waals surface area contributed by atoms with Gasteiger partial charge in [0.15, 0.2) is 0 Å². The molecule has 1 aromatic carbocycles. The first-order valence-corrected chi connectivity index (χ1v) is 11.6. The highest BCUT2D eigenvalue weighted by molar-refractivity contribution is 7.46. The van der Waals surface area contributed by atoms with E-state index in [9.17, 15) is 19.2 Å². The summed E-state index contributed by atoms with van der Waals surface area (Å²) >= 11 is 0.